The standard InChI is InChI=1S/C27H23F3N4O2S/c1-16-6-7-18-14-19(8-9-22(18)31-16)32-24(35)23-15-37-25(33-23)17-10-12-34(13-11-17)26(36)20-4-2-3-5-21(20)27(28,29)30/h2-9,14-15,17H,10-13H2,1H3,(H,32,35). The summed E-state index contributed by atoms with van der Waals surface area (Å²) in [4.78, 5) is 36.1. The number of carbonyl (C=O) groups excluding carboxylic acids is 2. The summed E-state index contributed by atoms with van der Waals surface area (Å²) in [6, 6.07) is 14.2. The lowest BCUT2D eigenvalue weighted by Crippen LogP contribution is -2.38. The average molecular weight is 525 g/mol. The van der Waals surface area contributed by atoms with Crippen molar-refractivity contribution >= 4 is 39.7 Å². The number of hydrogen-bond donors (Lipinski definition) is 1. The first-order chi connectivity index (χ1) is 17.7. The molecule has 37 heavy (non-hydrogen) atoms. The number of benzene rings is 2. The van der Waals surface area contributed by atoms with Crippen LogP contribution in [0.5, 0.6) is 0 Å². The van der Waals surface area contributed by atoms with Gasteiger partial charge in [0.25, 0.3) is 11.8 Å². The molecule has 2 amide bonds. The number of rotatable bonds is 4. The minimum atomic E-state index is -4.59. The Balaban J connectivity index is 1.22. The third-order valence-corrected chi connectivity index (χ3v) is 7.44. The Labute approximate surface area is 215 Å². The highest BCUT2D eigenvalue weighted by Crippen LogP contribution is 2.34. The molecule has 0 saturated carbocycles. The van der Waals surface area contributed by atoms with Crippen molar-refractivity contribution in [1.82, 2.24) is 14.9 Å². The zero-order valence-corrected chi connectivity index (χ0v) is 20.7. The third-order valence-electron chi connectivity index (χ3n) is 6.44. The van der Waals surface area contributed by atoms with Crippen LogP contribution in [0.15, 0.2) is 60.0 Å². The van der Waals surface area contributed by atoms with Crippen LogP contribution in [0.1, 0.15) is 55.9 Å². The number of aryl methyl sites for hydroxylation is 1. The zero-order valence-electron chi connectivity index (χ0n) is 19.9. The summed E-state index contributed by atoms with van der Waals surface area (Å²) in [6.07, 6.45) is -3.47. The van der Waals surface area contributed by atoms with Gasteiger partial charge in [0.15, 0.2) is 0 Å². The number of pyridine rings is 1. The molecule has 1 saturated heterocycles. The molecule has 1 aliphatic heterocycles. The molecule has 0 atom stereocenters. The number of nitrogens with one attached hydrogen (secondary N) is 1. The van der Waals surface area contributed by atoms with E-state index in [0.717, 1.165) is 27.7 Å². The van der Waals surface area contributed by atoms with E-state index in [1.165, 1.54) is 34.4 Å². The fourth-order valence-corrected chi connectivity index (χ4v) is 5.47. The van der Waals surface area contributed by atoms with E-state index in [-0.39, 0.29) is 17.4 Å². The maximum Gasteiger partial charge on any atom is 0.417 e. The molecule has 6 nitrogen and oxygen atoms in total. The van der Waals surface area contributed by atoms with Crippen LogP contribution in [-0.2, 0) is 6.18 Å². The monoisotopic (exact) mass is 524 g/mol. The summed E-state index contributed by atoms with van der Waals surface area (Å²) in [5, 5.41) is 6.28. The van der Waals surface area contributed by atoms with Crippen LogP contribution in [0.2, 0.25) is 0 Å². The van der Waals surface area contributed by atoms with Crippen LogP contribution in [0.4, 0.5) is 18.9 Å². The van der Waals surface area contributed by atoms with Gasteiger partial charge in [-0.3, -0.25) is 14.6 Å². The van der Waals surface area contributed by atoms with E-state index in [0.29, 0.717) is 37.3 Å². The Morgan fingerprint density at radius 1 is 1.03 bits per heavy atom. The fourth-order valence-electron chi connectivity index (χ4n) is 4.50. The van der Waals surface area contributed by atoms with E-state index in [1.807, 2.05) is 31.2 Å². The molecule has 1 aliphatic rings. The van der Waals surface area contributed by atoms with Gasteiger partial charge in [-0.1, -0.05) is 18.2 Å². The number of alkyl halides is 3. The SMILES string of the molecule is Cc1ccc2cc(NC(=O)c3csc(C4CCN(C(=O)c5ccccc5C(F)(F)F)CC4)n3)ccc2n1. The molecule has 10 heteroatoms. The summed E-state index contributed by atoms with van der Waals surface area (Å²) in [5.74, 6) is -0.909. The zero-order chi connectivity index (χ0) is 26.2. The van der Waals surface area contributed by atoms with Crippen molar-refractivity contribution in [2.24, 2.45) is 0 Å². The number of thiazole rings is 1. The van der Waals surface area contributed by atoms with Gasteiger partial charge >= 0.3 is 6.18 Å². The minimum absolute atomic E-state index is 0.0310. The van der Waals surface area contributed by atoms with E-state index in [2.05, 4.69) is 15.3 Å². The van der Waals surface area contributed by atoms with Crippen LogP contribution in [-0.4, -0.2) is 39.8 Å². The smallest absolute Gasteiger partial charge is 0.339 e. The topological polar surface area (TPSA) is 75.2 Å². The molecule has 0 radical (unpaired) electrons. The van der Waals surface area contributed by atoms with E-state index in [1.54, 1.807) is 11.4 Å². The lowest BCUT2D eigenvalue weighted by Gasteiger charge is -2.31. The number of piperidine rings is 1. The van der Waals surface area contributed by atoms with Crippen LogP contribution >= 0.6 is 11.3 Å². The number of nitrogens with zero attached hydrogens (tertiary/aromatic N) is 3. The number of likely N-dealkylation sites (tertiary alicyclic amines) is 1. The maximum atomic E-state index is 13.3. The molecular formula is C27H23F3N4O2S. The second-order valence-corrected chi connectivity index (χ2v) is 9.88. The number of halogens is 3. The molecule has 1 fully saturated rings. The first kappa shape index (κ1) is 24.9. The van der Waals surface area contributed by atoms with Crippen molar-refractivity contribution in [3.05, 3.63) is 87.5 Å². The van der Waals surface area contributed by atoms with Crippen LogP contribution in [0.3, 0.4) is 0 Å². The van der Waals surface area contributed by atoms with Gasteiger partial charge in [-0.2, -0.15) is 13.2 Å². The maximum absolute atomic E-state index is 13.3. The molecule has 5 rings (SSSR count). The quantitative estimate of drug-likeness (QED) is 0.340. The van der Waals surface area contributed by atoms with Crippen molar-refractivity contribution in [1.29, 1.82) is 0 Å². The van der Waals surface area contributed by atoms with Gasteiger partial charge in [0.05, 0.1) is 21.7 Å². The minimum Gasteiger partial charge on any atom is -0.339 e. The second-order valence-electron chi connectivity index (χ2n) is 9.00. The van der Waals surface area contributed by atoms with Crippen molar-refractivity contribution in [3.8, 4) is 0 Å². The highest BCUT2D eigenvalue weighted by molar-refractivity contribution is 7.10. The van der Waals surface area contributed by atoms with E-state index < -0.39 is 17.6 Å². The Morgan fingerprint density at radius 3 is 2.54 bits per heavy atom. The van der Waals surface area contributed by atoms with Gasteiger partial charge in [-0.25, -0.2) is 4.98 Å². The predicted molar refractivity (Wildman–Crippen MR) is 136 cm³/mol. The summed E-state index contributed by atoms with van der Waals surface area (Å²) >= 11 is 1.38. The number of carbonyl (C=O) groups is 2. The molecule has 0 spiro atoms. The Kier molecular flexibility index (Phi) is 6.68. The molecule has 0 bridgehead atoms. The van der Waals surface area contributed by atoms with Gasteiger partial charge in [-0.05, 0) is 56.2 Å². The molecule has 2 aromatic heterocycles. The Morgan fingerprint density at radius 2 is 1.78 bits per heavy atom. The lowest BCUT2D eigenvalue weighted by atomic mass is 9.96. The normalized spacial score (nSPS) is 14.6. The molecule has 2 aromatic carbocycles. The summed E-state index contributed by atoms with van der Waals surface area (Å²) in [6.45, 7) is 2.56. The molecule has 0 unspecified atom stereocenters. The number of amides is 2. The van der Waals surface area contributed by atoms with Crippen molar-refractivity contribution in [2.45, 2.75) is 31.9 Å². The highest BCUT2D eigenvalue weighted by Gasteiger charge is 2.36. The molecular weight excluding hydrogens is 501 g/mol. The third kappa shape index (κ3) is 5.34. The molecule has 1 N–H and O–H groups in total. The van der Waals surface area contributed by atoms with Crippen LogP contribution < -0.4 is 5.32 Å². The summed E-state index contributed by atoms with van der Waals surface area (Å²) in [5.41, 5.74) is 1.46. The van der Waals surface area contributed by atoms with E-state index in [4.69, 9.17) is 0 Å². The Hall–Kier alpha value is -3.79. The lowest BCUT2D eigenvalue weighted by molar-refractivity contribution is -0.138. The first-order valence-electron chi connectivity index (χ1n) is 11.8. The summed E-state index contributed by atoms with van der Waals surface area (Å²) < 4.78 is 40.0. The van der Waals surface area contributed by atoms with Gasteiger partial charge < -0.3 is 10.2 Å². The largest absolute Gasteiger partial charge is 0.417 e. The molecule has 190 valence electrons. The Bertz CT molecular complexity index is 1480. The first-order valence-corrected chi connectivity index (χ1v) is 12.7. The van der Waals surface area contributed by atoms with Crippen LogP contribution in [0, 0.1) is 6.92 Å². The average Bonchev–Trinajstić information content (AvgIpc) is 3.39. The second kappa shape index (κ2) is 9.93. The number of fused-ring (bicyclic) bond motifs is 1. The number of aromatic nitrogens is 2. The number of hydrogen-bond acceptors (Lipinski definition) is 5. The van der Waals surface area contributed by atoms with Crippen molar-refractivity contribution in [2.75, 3.05) is 18.4 Å². The van der Waals surface area contributed by atoms with Gasteiger partial charge in [-0.15, -0.1) is 11.3 Å². The van der Waals surface area contributed by atoms with Crippen molar-refractivity contribution in [3.63, 3.8) is 0 Å². The number of anilines is 1. The van der Waals surface area contributed by atoms with E-state index >= 15 is 0 Å². The van der Waals surface area contributed by atoms with Gasteiger partial charge in [0.1, 0.15) is 5.69 Å². The van der Waals surface area contributed by atoms with Gasteiger partial charge in [0, 0.05) is 41.2 Å². The summed E-state index contributed by atoms with van der Waals surface area (Å²) in [7, 11) is 0. The van der Waals surface area contributed by atoms with Gasteiger partial charge in [0.2, 0.25) is 0 Å². The van der Waals surface area contributed by atoms with Crippen molar-refractivity contribution < 1.29 is 22.8 Å². The predicted octanol–water partition coefficient (Wildman–Crippen LogP) is 6.29. The molecule has 0 aliphatic carbocycles. The highest BCUT2D eigenvalue weighted by atomic mass is 32.1. The molecule has 4 aromatic rings. The molecule has 3 heterocycles. The fraction of sp³-hybridized carbons (Fsp3) is 0.259. The van der Waals surface area contributed by atoms with Crippen LogP contribution in [0.25, 0.3) is 10.9 Å². The van der Waals surface area contributed by atoms with E-state index in [9.17, 15) is 22.8 Å².